The minimum absolute atomic E-state index is 0.0176. The lowest BCUT2D eigenvalue weighted by molar-refractivity contribution is -0.128. The number of carbonyl (C=O) groups is 2. The van der Waals surface area contributed by atoms with Crippen molar-refractivity contribution in [3.8, 4) is 11.8 Å². The lowest BCUT2D eigenvalue weighted by Gasteiger charge is -2.34. The second-order valence-electron chi connectivity index (χ2n) is 5.10. The Hall–Kier alpha value is -2.06. The number of alkyl halides is 1. The Morgan fingerprint density at radius 2 is 2.24 bits per heavy atom. The maximum atomic E-state index is 12.4. The first-order chi connectivity index (χ1) is 9.99. The Morgan fingerprint density at radius 1 is 1.52 bits per heavy atom. The minimum Gasteiger partial charge on any atom is -0.478 e. The van der Waals surface area contributed by atoms with Gasteiger partial charge in [0.1, 0.15) is 12.3 Å². The van der Waals surface area contributed by atoms with Gasteiger partial charge in [-0.3, -0.25) is 14.5 Å². The van der Waals surface area contributed by atoms with Crippen molar-refractivity contribution in [1.29, 1.82) is 5.26 Å². The molecule has 21 heavy (non-hydrogen) atoms. The number of ketones is 1. The van der Waals surface area contributed by atoms with Gasteiger partial charge in [0.05, 0.1) is 17.6 Å². The third-order valence-corrected chi connectivity index (χ3v) is 3.53. The predicted octanol–water partition coefficient (Wildman–Crippen LogP) is 2.38. The van der Waals surface area contributed by atoms with Crippen molar-refractivity contribution in [2.24, 2.45) is 5.92 Å². The molecule has 0 spiro atoms. The number of hydrogen-bond acceptors (Lipinski definition) is 4. The lowest BCUT2D eigenvalue weighted by Crippen LogP contribution is -2.48. The van der Waals surface area contributed by atoms with Gasteiger partial charge in [-0.1, -0.05) is 13.8 Å². The van der Waals surface area contributed by atoms with Crippen LogP contribution in [-0.2, 0) is 4.79 Å². The summed E-state index contributed by atoms with van der Waals surface area (Å²) in [7, 11) is 0. The number of benzene rings is 1. The average Bonchev–Trinajstić information content (AvgIpc) is 2.48. The number of nitrogens with zero attached hydrogens (tertiary/aromatic N) is 2. The standard InChI is InChI=1S/C15H15ClN2O3/c1-9(2)14-15(20)18(6-5-17)11-7-10(12(19)8-16)3-4-13(11)21-14/h3-4,7,9,14H,6,8H2,1-2H3. The number of halogens is 1. The van der Waals surface area contributed by atoms with E-state index in [1.165, 1.54) is 4.90 Å². The van der Waals surface area contributed by atoms with E-state index in [-0.39, 0.29) is 30.0 Å². The first kappa shape index (κ1) is 15.3. The van der Waals surface area contributed by atoms with Crippen LogP contribution in [0, 0.1) is 17.2 Å². The Bertz CT molecular complexity index is 622. The van der Waals surface area contributed by atoms with E-state index in [0.717, 1.165) is 0 Å². The second-order valence-corrected chi connectivity index (χ2v) is 5.37. The Kier molecular flexibility index (Phi) is 4.49. The van der Waals surface area contributed by atoms with Crippen molar-refractivity contribution in [3.63, 3.8) is 0 Å². The van der Waals surface area contributed by atoms with Gasteiger partial charge in [-0.15, -0.1) is 11.6 Å². The van der Waals surface area contributed by atoms with Gasteiger partial charge in [-0.25, -0.2) is 0 Å². The highest BCUT2D eigenvalue weighted by atomic mass is 35.5. The van der Waals surface area contributed by atoms with Gasteiger partial charge in [0.2, 0.25) is 0 Å². The molecule has 110 valence electrons. The quantitative estimate of drug-likeness (QED) is 0.486. The van der Waals surface area contributed by atoms with Gasteiger partial charge in [-0.05, 0) is 24.1 Å². The number of fused-ring (bicyclic) bond motifs is 1. The summed E-state index contributed by atoms with van der Waals surface area (Å²) in [6, 6.07) is 6.77. The van der Waals surface area contributed by atoms with Crippen LogP contribution in [0.25, 0.3) is 0 Å². The molecule has 6 heteroatoms. The molecule has 1 heterocycles. The van der Waals surface area contributed by atoms with E-state index in [9.17, 15) is 9.59 Å². The van der Waals surface area contributed by atoms with Crippen LogP contribution >= 0.6 is 11.6 Å². The second kappa shape index (κ2) is 6.15. The van der Waals surface area contributed by atoms with Gasteiger partial charge in [0.15, 0.2) is 11.9 Å². The largest absolute Gasteiger partial charge is 0.478 e. The molecule has 1 amide bonds. The summed E-state index contributed by atoms with van der Waals surface area (Å²) in [5.41, 5.74) is 0.834. The number of anilines is 1. The van der Waals surface area contributed by atoms with Crippen molar-refractivity contribution in [3.05, 3.63) is 23.8 Å². The molecule has 0 radical (unpaired) electrons. The summed E-state index contributed by atoms with van der Waals surface area (Å²) in [4.78, 5) is 25.4. The molecule has 1 aliphatic heterocycles. The molecule has 5 nitrogen and oxygen atoms in total. The highest BCUT2D eigenvalue weighted by Gasteiger charge is 2.36. The normalized spacial score (nSPS) is 17.2. The summed E-state index contributed by atoms with van der Waals surface area (Å²) in [5, 5.41) is 8.94. The Labute approximate surface area is 128 Å². The zero-order valence-corrected chi connectivity index (χ0v) is 12.6. The van der Waals surface area contributed by atoms with E-state index < -0.39 is 6.10 Å². The van der Waals surface area contributed by atoms with E-state index in [1.807, 2.05) is 19.9 Å². The van der Waals surface area contributed by atoms with Crippen LogP contribution in [-0.4, -0.2) is 30.2 Å². The predicted molar refractivity (Wildman–Crippen MR) is 78.7 cm³/mol. The minimum atomic E-state index is -0.625. The molecule has 0 aliphatic carbocycles. The van der Waals surface area contributed by atoms with Crippen LogP contribution in [0.4, 0.5) is 5.69 Å². The molecule has 0 saturated heterocycles. The summed E-state index contributed by atoms with van der Waals surface area (Å²) in [6.45, 7) is 3.67. The number of Topliss-reactive ketones (excluding diaryl/α,β-unsaturated/α-hetero) is 1. The number of carbonyl (C=O) groups excluding carboxylic acids is 2. The number of hydrogen-bond donors (Lipinski definition) is 0. The maximum Gasteiger partial charge on any atom is 0.269 e. The van der Waals surface area contributed by atoms with Crippen LogP contribution in [0.3, 0.4) is 0 Å². The smallest absolute Gasteiger partial charge is 0.269 e. The van der Waals surface area contributed by atoms with Crippen LogP contribution in [0.5, 0.6) is 5.75 Å². The molecular formula is C15H15ClN2O3. The van der Waals surface area contributed by atoms with E-state index in [2.05, 4.69) is 0 Å². The third kappa shape index (κ3) is 2.86. The number of nitriles is 1. The number of rotatable bonds is 4. The topological polar surface area (TPSA) is 70.4 Å². The van der Waals surface area contributed by atoms with E-state index in [1.54, 1.807) is 18.2 Å². The third-order valence-electron chi connectivity index (χ3n) is 3.29. The van der Waals surface area contributed by atoms with Gasteiger partial charge in [0.25, 0.3) is 5.91 Å². The van der Waals surface area contributed by atoms with Crippen LogP contribution < -0.4 is 9.64 Å². The molecule has 1 aromatic carbocycles. The summed E-state index contributed by atoms with van der Waals surface area (Å²) < 4.78 is 5.71. The molecule has 0 saturated carbocycles. The van der Waals surface area contributed by atoms with Gasteiger partial charge in [-0.2, -0.15) is 5.26 Å². The highest BCUT2D eigenvalue weighted by Crippen LogP contribution is 2.36. The van der Waals surface area contributed by atoms with Crippen molar-refractivity contribution >= 4 is 29.0 Å². The first-order valence-electron chi connectivity index (χ1n) is 6.57. The van der Waals surface area contributed by atoms with Gasteiger partial charge >= 0.3 is 0 Å². The van der Waals surface area contributed by atoms with E-state index in [0.29, 0.717) is 17.0 Å². The molecule has 0 N–H and O–H groups in total. The van der Waals surface area contributed by atoms with E-state index in [4.69, 9.17) is 21.6 Å². The average molecular weight is 307 g/mol. The lowest BCUT2D eigenvalue weighted by atomic mass is 10.0. The Balaban J connectivity index is 2.49. The summed E-state index contributed by atoms with van der Waals surface area (Å²) >= 11 is 5.55. The molecule has 1 aliphatic rings. The summed E-state index contributed by atoms with van der Waals surface area (Å²) in [5.74, 6) is -0.171. The summed E-state index contributed by atoms with van der Waals surface area (Å²) in [6.07, 6.45) is -0.625. The molecule has 1 unspecified atom stereocenters. The van der Waals surface area contributed by atoms with Crippen LogP contribution in [0.15, 0.2) is 18.2 Å². The van der Waals surface area contributed by atoms with Crippen LogP contribution in [0.2, 0.25) is 0 Å². The van der Waals surface area contributed by atoms with Crippen molar-refractivity contribution < 1.29 is 14.3 Å². The van der Waals surface area contributed by atoms with Crippen molar-refractivity contribution in [2.75, 3.05) is 17.3 Å². The molecule has 1 atom stereocenters. The fraction of sp³-hybridized carbons (Fsp3) is 0.400. The number of ether oxygens (including phenoxy) is 1. The van der Waals surface area contributed by atoms with Gasteiger partial charge < -0.3 is 4.74 Å². The molecule has 0 bridgehead atoms. The fourth-order valence-corrected chi connectivity index (χ4v) is 2.35. The SMILES string of the molecule is CC(C)C1Oc2ccc(C(=O)CCl)cc2N(CC#N)C1=O. The zero-order valence-electron chi connectivity index (χ0n) is 11.8. The highest BCUT2D eigenvalue weighted by molar-refractivity contribution is 6.30. The molecule has 0 fully saturated rings. The molecule has 1 aromatic rings. The molecule has 2 rings (SSSR count). The Morgan fingerprint density at radius 3 is 2.81 bits per heavy atom. The first-order valence-corrected chi connectivity index (χ1v) is 7.11. The maximum absolute atomic E-state index is 12.4. The fourth-order valence-electron chi connectivity index (χ4n) is 2.19. The van der Waals surface area contributed by atoms with Crippen LogP contribution in [0.1, 0.15) is 24.2 Å². The van der Waals surface area contributed by atoms with Gasteiger partial charge in [0, 0.05) is 5.56 Å². The number of amides is 1. The van der Waals surface area contributed by atoms with Crippen molar-refractivity contribution in [1.82, 2.24) is 0 Å². The molecular weight excluding hydrogens is 292 g/mol. The van der Waals surface area contributed by atoms with Crippen molar-refractivity contribution in [2.45, 2.75) is 20.0 Å². The monoisotopic (exact) mass is 306 g/mol. The zero-order chi connectivity index (χ0) is 15.6. The molecule has 0 aromatic heterocycles. The van der Waals surface area contributed by atoms with E-state index >= 15 is 0 Å².